The number of aryl methyl sites for hydroxylation is 2. The van der Waals surface area contributed by atoms with Crippen LogP contribution in [0.25, 0.3) is 0 Å². The van der Waals surface area contributed by atoms with Crippen LogP contribution in [0.5, 0.6) is 0 Å². The predicted octanol–water partition coefficient (Wildman–Crippen LogP) is 5.61. The molecule has 148 valence electrons. The Morgan fingerprint density at radius 3 is 2.38 bits per heavy atom. The molecule has 29 heavy (non-hydrogen) atoms. The molecule has 0 aliphatic carbocycles. The number of nitrogens with zero attached hydrogens (tertiary/aromatic N) is 2. The van der Waals surface area contributed by atoms with Crippen LogP contribution in [0.2, 0.25) is 0 Å². The fourth-order valence-electron chi connectivity index (χ4n) is 3.60. The molecule has 0 amide bonds. The quantitative estimate of drug-likeness (QED) is 0.499. The van der Waals surface area contributed by atoms with Crippen molar-refractivity contribution in [2.45, 2.75) is 31.2 Å². The minimum atomic E-state index is -3.79. The second-order valence-corrected chi connectivity index (χ2v) is 9.91. The molecule has 0 saturated heterocycles. The summed E-state index contributed by atoms with van der Waals surface area (Å²) in [5, 5.41) is 4.61. The molecule has 3 aromatic rings. The van der Waals surface area contributed by atoms with E-state index in [0.717, 1.165) is 26.9 Å². The molecule has 6 heteroatoms. The number of hydrogen-bond donors (Lipinski definition) is 0. The van der Waals surface area contributed by atoms with E-state index in [2.05, 4.69) is 21.0 Å². The smallest absolute Gasteiger partial charge is 0.200 e. The average Bonchev–Trinajstić information content (AvgIpc) is 3.15. The van der Waals surface area contributed by atoms with E-state index in [4.69, 9.17) is 0 Å². The maximum Gasteiger partial charge on any atom is 0.279 e. The van der Waals surface area contributed by atoms with E-state index in [9.17, 15) is 8.42 Å². The van der Waals surface area contributed by atoms with E-state index in [1.807, 2.05) is 74.5 Å². The molecular weight excluding hydrogens is 448 g/mol. The molecule has 1 heterocycles. The largest absolute Gasteiger partial charge is 0.279 e. The molecule has 4 nitrogen and oxygen atoms in total. The first kappa shape index (κ1) is 19.9. The Bertz CT molecular complexity index is 1190. The normalized spacial score (nSPS) is 16.7. The molecule has 0 bridgehead atoms. The lowest BCUT2D eigenvalue weighted by Gasteiger charge is -2.24. The van der Waals surface area contributed by atoms with Crippen LogP contribution in [-0.4, -0.2) is 18.5 Å². The van der Waals surface area contributed by atoms with E-state index < -0.39 is 10.0 Å². The van der Waals surface area contributed by atoms with Gasteiger partial charge >= 0.3 is 0 Å². The van der Waals surface area contributed by atoms with Crippen molar-refractivity contribution in [1.82, 2.24) is 4.41 Å². The van der Waals surface area contributed by atoms with Gasteiger partial charge in [0.25, 0.3) is 10.0 Å². The van der Waals surface area contributed by atoms with Gasteiger partial charge in [-0.1, -0.05) is 76.1 Å². The molecule has 0 N–H and O–H groups in total. The van der Waals surface area contributed by atoms with Crippen LogP contribution in [-0.2, 0) is 10.0 Å². The molecule has 0 unspecified atom stereocenters. The number of sulfonamides is 1. The van der Waals surface area contributed by atoms with Gasteiger partial charge in [0, 0.05) is 10.9 Å². The number of halogens is 1. The topological polar surface area (TPSA) is 49.7 Å². The highest BCUT2D eigenvalue weighted by atomic mass is 79.9. The fourth-order valence-corrected chi connectivity index (χ4v) is 5.53. The van der Waals surface area contributed by atoms with Crippen LogP contribution >= 0.6 is 15.9 Å². The van der Waals surface area contributed by atoms with Crippen molar-refractivity contribution in [1.29, 1.82) is 0 Å². The third-order valence-electron chi connectivity index (χ3n) is 5.09. The van der Waals surface area contributed by atoms with Crippen LogP contribution in [0.1, 0.15) is 34.7 Å². The summed E-state index contributed by atoms with van der Waals surface area (Å²) in [6.07, 6.45) is 0.524. The molecule has 0 fully saturated rings. The summed E-state index contributed by atoms with van der Waals surface area (Å²) in [5.74, 6) is 0. The Morgan fingerprint density at radius 1 is 0.966 bits per heavy atom. The zero-order chi connectivity index (χ0) is 20.6. The highest BCUT2D eigenvalue weighted by Crippen LogP contribution is 2.38. The van der Waals surface area contributed by atoms with Crippen molar-refractivity contribution < 1.29 is 8.42 Å². The van der Waals surface area contributed by atoms with E-state index in [-0.39, 0.29) is 6.04 Å². The van der Waals surface area contributed by atoms with Crippen LogP contribution in [0.15, 0.2) is 87.3 Å². The molecule has 0 radical (unpaired) electrons. The Kier molecular flexibility index (Phi) is 5.32. The molecule has 1 aliphatic heterocycles. The summed E-state index contributed by atoms with van der Waals surface area (Å²) >= 11 is 3.45. The van der Waals surface area contributed by atoms with Crippen LogP contribution in [0.3, 0.4) is 0 Å². The molecule has 1 aliphatic rings. The highest BCUT2D eigenvalue weighted by molar-refractivity contribution is 9.10. The Hall–Kier alpha value is -2.44. The van der Waals surface area contributed by atoms with Crippen LogP contribution in [0.4, 0.5) is 0 Å². The van der Waals surface area contributed by atoms with Gasteiger partial charge in [-0.05, 0) is 48.7 Å². The third kappa shape index (κ3) is 3.87. The number of rotatable bonds is 4. The summed E-state index contributed by atoms with van der Waals surface area (Å²) in [4.78, 5) is 0.290. The second kappa shape index (κ2) is 7.76. The predicted molar refractivity (Wildman–Crippen MR) is 119 cm³/mol. The molecule has 4 rings (SSSR count). The van der Waals surface area contributed by atoms with Gasteiger partial charge in [-0.3, -0.25) is 0 Å². The number of benzene rings is 3. The standard InChI is InChI=1S/C23H21BrN2O2S/c1-16-6-5-8-19(14-16)22-15-21(18-10-12-20(24)13-11-18)25-26(22)29(27,28)23-9-4-3-7-17(23)2/h3-14,22H,15H2,1-2H3/t22-/m1/s1. The van der Waals surface area contributed by atoms with Gasteiger partial charge in [0.1, 0.15) is 0 Å². The lowest BCUT2D eigenvalue weighted by atomic mass is 9.98. The van der Waals surface area contributed by atoms with E-state index >= 15 is 0 Å². The van der Waals surface area contributed by atoms with Gasteiger partial charge in [0.2, 0.25) is 0 Å². The fraction of sp³-hybridized carbons (Fsp3) is 0.174. The van der Waals surface area contributed by atoms with E-state index in [0.29, 0.717) is 16.9 Å². The Balaban J connectivity index is 1.83. The van der Waals surface area contributed by atoms with Gasteiger partial charge < -0.3 is 0 Å². The minimum Gasteiger partial charge on any atom is -0.200 e. The monoisotopic (exact) mass is 468 g/mol. The van der Waals surface area contributed by atoms with Crippen molar-refractivity contribution in [3.63, 3.8) is 0 Å². The lowest BCUT2D eigenvalue weighted by molar-refractivity contribution is 0.371. The minimum absolute atomic E-state index is 0.290. The van der Waals surface area contributed by atoms with Crippen LogP contribution < -0.4 is 0 Å². The van der Waals surface area contributed by atoms with Crippen molar-refractivity contribution in [3.8, 4) is 0 Å². The van der Waals surface area contributed by atoms with Crippen molar-refractivity contribution in [2.24, 2.45) is 5.10 Å². The van der Waals surface area contributed by atoms with Gasteiger partial charge in [-0.25, -0.2) is 0 Å². The Labute approximate surface area is 180 Å². The molecule has 0 saturated carbocycles. The summed E-state index contributed by atoms with van der Waals surface area (Å²) in [5.41, 5.74) is 4.43. The van der Waals surface area contributed by atoms with Crippen LogP contribution in [0, 0.1) is 13.8 Å². The van der Waals surface area contributed by atoms with Gasteiger partial charge in [0.05, 0.1) is 16.6 Å². The lowest BCUT2D eigenvalue weighted by Crippen LogP contribution is -2.28. The Morgan fingerprint density at radius 2 is 1.69 bits per heavy atom. The summed E-state index contributed by atoms with van der Waals surface area (Å²) < 4.78 is 29.4. The number of hydrazone groups is 1. The van der Waals surface area contributed by atoms with E-state index in [1.54, 1.807) is 12.1 Å². The van der Waals surface area contributed by atoms with Crippen molar-refractivity contribution in [2.75, 3.05) is 0 Å². The molecule has 0 spiro atoms. The maximum atomic E-state index is 13.6. The van der Waals surface area contributed by atoms with Gasteiger partial charge in [-0.15, -0.1) is 0 Å². The number of hydrogen-bond acceptors (Lipinski definition) is 3. The van der Waals surface area contributed by atoms with Gasteiger partial charge in [0.15, 0.2) is 0 Å². The molecule has 0 aromatic heterocycles. The first-order valence-electron chi connectivity index (χ1n) is 9.36. The van der Waals surface area contributed by atoms with Crippen molar-refractivity contribution in [3.05, 3.63) is 99.5 Å². The second-order valence-electron chi connectivity index (χ2n) is 7.23. The first-order chi connectivity index (χ1) is 13.9. The molecule has 1 atom stereocenters. The average molecular weight is 469 g/mol. The summed E-state index contributed by atoms with van der Waals surface area (Å²) in [6.45, 7) is 3.82. The highest BCUT2D eigenvalue weighted by Gasteiger charge is 2.38. The van der Waals surface area contributed by atoms with Gasteiger partial charge in [-0.2, -0.15) is 17.9 Å². The maximum absolute atomic E-state index is 13.6. The molecular formula is C23H21BrN2O2S. The SMILES string of the molecule is Cc1cccc([C@H]2CC(c3ccc(Br)cc3)=NN2S(=O)(=O)c2ccccc2C)c1. The van der Waals surface area contributed by atoms with Crippen molar-refractivity contribution >= 4 is 31.7 Å². The van der Waals surface area contributed by atoms with E-state index in [1.165, 1.54) is 4.41 Å². The summed E-state index contributed by atoms with van der Waals surface area (Å²) in [6, 6.07) is 22.4. The molecule has 3 aromatic carbocycles. The zero-order valence-electron chi connectivity index (χ0n) is 16.2. The zero-order valence-corrected chi connectivity index (χ0v) is 18.6. The summed E-state index contributed by atoms with van der Waals surface area (Å²) in [7, 11) is -3.79. The third-order valence-corrected chi connectivity index (χ3v) is 7.47. The first-order valence-corrected chi connectivity index (χ1v) is 11.6.